The highest BCUT2D eigenvalue weighted by Gasteiger charge is 2.21. The molecule has 0 atom stereocenters. The zero-order chi connectivity index (χ0) is 17.5. The number of carbonyl (C=O) groups is 1. The van der Waals surface area contributed by atoms with Crippen LogP contribution in [0.4, 0.5) is 8.63 Å². The molecule has 0 aliphatic rings. The Bertz CT molecular complexity index is 712. The molecule has 0 aliphatic carbocycles. The van der Waals surface area contributed by atoms with E-state index >= 15 is 0 Å². The average molecular weight is 332 g/mol. The Morgan fingerprint density at radius 1 is 0.875 bits per heavy atom. The van der Waals surface area contributed by atoms with Gasteiger partial charge in [-0.05, 0) is 48.5 Å². The Kier molecular flexibility index (Phi) is 5.95. The minimum Gasteiger partial charge on any atom is -0.505 e. The summed E-state index contributed by atoms with van der Waals surface area (Å²) in [5.74, 6) is 0.490. The van der Waals surface area contributed by atoms with Gasteiger partial charge >= 0.3 is 7.47 Å². The Hall–Kier alpha value is -2.83. The summed E-state index contributed by atoms with van der Waals surface area (Å²) >= 11 is 0. The normalized spacial score (nSPS) is 10.9. The molecule has 0 saturated heterocycles. The van der Waals surface area contributed by atoms with Crippen molar-refractivity contribution in [3.63, 3.8) is 0 Å². The minimum atomic E-state index is -3.04. The fourth-order valence-corrected chi connectivity index (χ4v) is 1.99. The van der Waals surface area contributed by atoms with Crippen LogP contribution in [0.15, 0.2) is 54.6 Å². The molecule has 2 aromatic rings. The summed E-state index contributed by atoms with van der Waals surface area (Å²) < 4.78 is 39.8. The maximum atomic E-state index is 12.7. The maximum Gasteiger partial charge on any atom is 0.796 e. The van der Waals surface area contributed by atoms with Gasteiger partial charge in [0.15, 0.2) is 5.78 Å². The van der Waals surface area contributed by atoms with Gasteiger partial charge in [0.05, 0.1) is 14.2 Å². The lowest BCUT2D eigenvalue weighted by Gasteiger charge is -2.09. The molecule has 0 aromatic heterocycles. The van der Waals surface area contributed by atoms with Crippen LogP contribution < -0.4 is 9.47 Å². The van der Waals surface area contributed by atoms with Crippen LogP contribution >= 0.6 is 0 Å². The van der Waals surface area contributed by atoms with Crippen LogP contribution in [0.3, 0.4) is 0 Å². The van der Waals surface area contributed by atoms with Gasteiger partial charge in [0, 0.05) is 17.2 Å². The summed E-state index contributed by atoms with van der Waals surface area (Å²) in [7, 11) is -0.0362. The Morgan fingerprint density at radius 3 is 1.75 bits per heavy atom. The molecule has 0 bridgehead atoms. The fraction of sp³-hybridized carbons (Fsp3) is 0.118. The van der Waals surface area contributed by atoms with Gasteiger partial charge in [-0.2, -0.15) is 0 Å². The number of hydrogen-bond donors (Lipinski definition) is 0. The van der Waals surface area contributed by atoms with Crippen molar-refractivity contribution in [2.75, 3.05) is 14.2 Å². The lowest BCUT2D eigenvalue weighted by molar-refractivity contribution is 0.104. The second kappa shape index (κ2) is 8.15. The number of hydrogen-bond acceptors (Lipinski definition) is 4. The van der Waals surface area contributed by atoms with Gasteiger partial charge in [-0.1, -0.05) is 0 Å². The van der Waals surface area contributed by atoms with Crippen LogP contribution in [0.5, 0.6) is 11.5 Å². The second-order valence-corrected chi connectivity index (χ2v) is 4.71. The van der Waals surface area contributed by atoms with E-state index < -0.39 is 13.3 Å². The molecule has 2 rings (SSSR count). The first kappa shape index (κ1) is 17.5. The van der Waals surface area contributed by atoms with E-state index in [0.717, 1.165) is 6.08 Å². The molecular weight excluding hydrogens is 317 g/mol. The Morgan fingerprint density at radius 2 is 1.33 bits per heavy atom. The third kappa shape index (κ3) is 4.58. The van der Waals surface area contributed by atoms with Gasteiger partial charge in [0.25, 0.3) is 0 Å². The number of allylic oxidation sites excluding steroid dienone is 1. The molecule has 0 heterocycles. The lowest BCUT2D eigenvalue weighted by atomic mass is 10.1. The third-order valence-corrected chi connectivity index (χ3v) is 3.23. The zero-order valence-corrected chi connectivity index (χ0v) is 13.2. The molecule has 124 valence electrons. The number of rotatable bonds is 7. The van der Waals surface area contributed by atoms with E-state index in [1.165, 1.54) is 26.4 Å². The van der Waals surface area contributed by atoms with Crippen molar-refractivity contribution in [1.82, 2.24) is 0 Å². The van der Waals surface area contributed by atoms with Crippen LogP contribution in [0, 0.1) is 0 Å². The standard InChI is InChI=1S/C17H15BF2O4/c1-22-14-7-3-12(4-8-14)16(21)11-17(24-18(19)20)13-5-9-15(23-2)10-6-13/h3-11H,1-2H3/b17-11-. The summed E-state index contributed by atoms with van der Waals surface area (Å²) in [6.45, 7) is 0. The van der Waals surface area contributed by atoms with E-state index in [4.69, 9.17) is 9.47 Å². The predicted octanol–water partition coefficient (Wildman–Crippen LogP) is 3.87. The fourth-order valence-electron chi connectivity index (χ4n) is 1.99. The Labute approximate surface area is 138 Å². The topological polar surface area (TPSA) is 44.8 Å². The van der Waals surface area contributed by atoms with E-state index in [9.17, 15) is 13.4 Å². The monoisotopic (exact) mass is 332 g/mol. The molecule has 7 heteroatoms. The largest absolute Gasteiger partial charge is 0.796 e. The minimum absolute atomic E-state index is 0.214. The first-order valence-electron chi connectivity index (χ1n) is 7.03. The van der Waals surface area contributed by atoms with Crippen molar-refractivity contribution in [2.24, 2.45) is 0 Å². The number of ketones is 1. The zero-order valence-electron chi connectivity index (χ0n) is 13.2. The van der Waals surface area contributed by atoms with Gasteiger partial charge in [-0.15, -0.1) is 0 Å². The number of halogens is 2. The van der Waals surface area contributed by atoms with Crippen LogP contribution in [-0.4, -0.2) is 27.5 Å². The SMILES string of the molecule is COc1ccc(C(=O)/C=C(\OB(F)F)c2ccc(OC)cc2)cc1. The molecule has 0 unspecified atom stereocenters. The average Bonchev–Trinajstić information content (AvgIpc) is 2.61. The highest BCUT2D eigenvalue weighted by atomic mass is 19.2. The van der Waals surface area contributed by atoms with Crippen molar-refractivity contribution >= 4 is 19.0 Å². The van der Waals surface area contributed by atoms with E-state index in [1.54, 1.807) is 36.4 Å². The molecule has 24 heavy (non-hydrogen) atoms. The molecule has 0 N–H and O–H groups in total. The van der Waals surface area contributed by atoms with Crippen molar-refractivity contribution in [1.29, 1.82) is 0 Å². The molecule has 0 aliphatic heterocycles. The van der Waals surface area contributed by atoms with Gasteiger partial charge in [0.2, 0.25) is 0 Å². The van der Waals surface area contributed by atoms with E-state index in [-0.39, 0.29) is 5.76 Å². The molecule has 0 spiro atoms. The van der Waals surface area contributed by atoms with Crippen molar-refractivity contribution in [3.05, 3.63) is 65.7 Å². The van der Waals surface area contributed by atoms with Gasteiger partial charge in [0.1, 0.15) is 17.3 Å². The molecule has 0 radical (unpaired) electrons. The number of methoxy groups -OCH3 is 2. The molecular formula is C17H15BF2O4. The Balaban J connectivity index is 2.30. The van der Waals surface area contributed by atoms with Crippen LogP contribution in [0.1, 0.15) is 15.9 Å². The van der Waals surface area contributed by atoms with Crippen LogP contribution in [-0.2, 0) is 4.65 Å². The van der Waals surface area contributed by atoms with Gasteiger partial charge < -0.3 is 14.1 Å². The third-order valence-electron chi connectivity index (χ3n) is 3.23. The molecule has 0 fully saturated rings. The van der Waals surface area contributed by atoms with Gasteiger partial charge in [-0.3, -0.25) is 4.79 Å². The maximum absolute atomic E-state index is 12.7. The van der Waals surface area contributed by atoms with Crippen molar-refractivity contribution in [2.45, 2.75) is 0 Å². The van der Waals surface area contributed by atoms with Gasteiger partial charge in [-0.25, -0.2) is 8.63 Å². The summed E-state index contributed by atoms with van der Waals surface area (Å²) in [5, 5.41) is 0. The second-order valence-electron chi connectivity index (χ2n) is 4.71. The molecule has 0 amide bonds. The van der Waals surface area contributed by atoms with Crippen molar-refractivity contribution in [3.8, 4) is 11.5 Å². The summed E-state index contributed by atoms with van der Waals surface area (Å²) in [4.78, 5) is 12.3. The quantitative estimate of drug-likeness (QED) is 0.334. The number of ether oxygens (including phenoxy) is 2. The highest BCUT2D eigenvalue weighted by molar-refractivity contribution is 6.36. The number of benzene rings is 2. The van der Waals surface area contributed by atoms with E-state index in [0.29, 0.717) is 22.6 Å². The summed E-state index contributed by atoms with van der Waals surface area (Å²) in [5.41, 5.74) is 0.678. The first-order chi connectivity index (χ1) is 11.5. The summed E-state index contributed by atoms with van der Waals surface area (Å²) in [6, 6.07) is 12.6. The van der Waals surface area contributed by atoms with Crippen LogP contribution in [0.2, 0.25) is 0 Å². The number of carbonyl (C=O) groups excluding carboxylic acids is 1. The predicted molar refractivity (Wildman–Crippen MR) is 87.4 cm³/mol. The van der Waals surface area contributed by atoms with Crippen molar-refractivity contribution < 1.29 is 27.6 Å². The molecule has 0 saturated carbocycles. The lowest BCUT2D eigenvalue weighted by Crippen LogP contribution is -2.06. The molecule has 4 nitrogen and oxygen atoms in total. The van der Waals surface area contributed by atoms with Crippen LogP contribution in [0.25, 0.3) is 5.76 Å². The first-order valence-corrected chi connectivity index (χ1v) is 7.03. The molecule has 2 aromatic carbocycles. The van der Waals surface area contributed by atoms with E-state index in [2.05, 4.69) is 4.65 Å². The smallest absolute Gasteiger partial charge is 0.505 e. The van der Waals surface area contributed by atoms with E-state index in [1.807, 2.05) is 0 Å². The summed E-state index contributed by atoms with van der Waals surface area (Å²) in [6.07, 6.45) is 1.04. The highest BCUT2D eigenvalue weighted by Crippen LogP contribution is 2.22.